The van der Waals surface area contributed by atoms with E-state index in [1.54, 1.807) is 0 Å². The molecule has 7 nitrogen and oxygen atoms in total. The van der Waals surface area contributed by atoms with Crippen molar-refractivity contribution in [3.05, 3.63) is 47.1 Å². The number of aryl methyl sites for hydroxylation is 1. The average molecular weight is 542 g/mol. The number of amides is 2. The molecule has 2 atom stereocenters. The molecule has 0 saturated carbocycles. The first-order chi connectivity index (χ1) is 18.8. The SMILES string of the molecule is C=C(C)[C@@H]1CCC(C)=C[C@H]1c1c(OC(=O)NCCCCC)cc(CCCCC)cc1OC(=O)NCCCCN. The Morgan fingerprint density at radius 3 is 2.05 bits per heavy atom. The molecule has 0 saturated heterocycles. The molecule has 0 unspecified atom stereocenters. The summed E-state index contributed by atoms with van der Waals surface area (Å²) in [5.74, 6) is 0.912. The number of rotatable bonds is 16. The number of hydrogen-bond acceptors (Lipinski definition) is 5. The fourth-order valence-electron chi connectivity index (χ4n) is 5.08. The topological polar surface area (TPSA) is 103 Å². The van der Waals surface area contributed by atoms with Crippen molar-refractivity contribution in [1.29, 1.82) is 0 Å². The summed E-state index contributed by atoms with van der Waals surface area (Å²) in [6.45, 7) is 14.3. The molecule has 0 aliphatic heterocycles. The van der Waals surface area contributed by atoms with E-state index in [-0.39, 0.29) is 11.8 Å². The zero-order chi connectivity index (χ0) is 28.6. The van der Waals surface area contributed by atoms with Gasteiger partial charge >= 0.3 is 12.2 Å². The minimum Gasteiger partial charge on any atom is -0.410 e. The van der Waals surface area contributed by atoms with Crippen LogP contribution in [-0.2, 0) is 6.42 Å². The summed E-state index contributed by atoms with van der Waals surface area (Å²) in [7, 11) is 0. The lowest BCUT2D eigenvalue weighted by Gasteiger charge is -2.32. The van der Waals surface area contributed by atoms with E-state index in [1.807, 2.05) is 19.1 Å². The molecule has 2 rings (SSSR count). The van der Waals surface area contributed by atoms with Gasteiger partial charge in [-0.1, -0.05) is 63.3 Å². The summed E-state index contributed by atoms with van der Waals surface area (Å²) in [6, 6.07) is 3.90. The van der Waals surface area contributed by atoms with Crippen LogP contribution in [0.4, 0.5) is 9.59 Å². The van der Waals surface area contributed by atoms with Crippen LogP contribution in [0.3, 0.4) is 0 Å². The Kier molecular flexibility index (Phi) is 14.7. The van der Waals surface area contributed by atoms with Gasteiger partial charge in [0.2, 0.25) is 0 Å². The number of nitrogens with two attached hydrogens (primary N) is 1. The fraction of sp³-hybridized carbons (Fsp3) is 0.625. The van der Waals surface area contributed by atoms with Crippen molar-refractivity contribution in [2.75, 3.05) is 19.6 Å². The van der Waals surface area contributed by atoms with Crippen molar-refractivity contribution < 1.29 is 19.1 Å². The second kappa shape index (κ2) is 17.7. The average Bonchev–Trinajstić information content (AvgIpc) is 2.89. The highest BCUT2D eigenvalue weighted by molar-refractivity contribution is 5.74. The van der Waals surface area contributed by atoms with Crippen LogP contribution in [0.2, 0.25) is 0 Å². The molecule has 0 aromatic heterocycles. The first-order valence-electron chi connectivity index (χ1n) is 14.9. The Morgan fingerprint density at radius 1 is 0.949 bits per heavy atom. The van der Waals surface area contributed by atoms with Gasteiger partial charge in [-0.25, -0.2) is 9.59 Å². The monoisotopic (exact) mass is 541 g/mol. The molecular formula is C32H51N3O4. The van der Waals surface area contributed by atoms with Crippen molar-refractivity contribution in [2.24, 2.45) is 11.7 Å². The molecule has 0 heterocycles. The number of carbonyl (C=O) groups is 2. The number of benzene rings is 1. The van der Waals surface area contributed by atoms with Crippen LogP contribution in [-0.4, -0.2) is 31.8 Å². The lowest BCUT2D eigenvalue weighted by atomic mass is 9.73. The lowest BCUT2D eigenvalue weighted by molar-refractivity contribution is 0.197. The Morgan fingerprint density at radius 2 is 1.51 bits per heavy atom. The summed E-state index contributed by atoms with van der Waals surface area (Å²) >= 11 is 0. The van der Waals surface area contributed by atoms with E-state index in [0.29, 0.717) is 31.1 Å². The summed E-state index contributed by atoms with van der Waals surface area (Å²) in [5, 5.41) is 5.73. The summed E-state index contributed by atoms with van der Waals surface area (Å²) in [6.07, 6.45) is 11.8. The molecule has 0 spiro atoms. The van der Waals surface area contributed by atoms with Gasteiger partial charge in [0.05, 0.1) is 0 Å². The number of hydrogen-bond donors (Lipinski definition) is 3. The number of ether oxygens (including phenoxy) is 2. The smallest absolute Gasteiger partial charge is 0.410 e. The van der Waals surface area contributed by atoms with E-state index < -0.39 is 12.2 Å². The normalized spacial score (nSPS) is 16.8. The Balaban J connectivity index is 2.52. The van der Waals surface area contributed by atoms with E-state index >= 15 is 0 Å². The number of nitrogens with one attached hydrogen (secondary N) is 2. The molecule has 39 heavy (non-hydrogen) atoms. The molecule has 1 aliphatic carbocycles. The van der Waals surface area contributed by atoms with Crippen molar-refractivity contribution in [3.63, 3.8) is 0 Å². The minimum absolute atomic E-state index is 0.121. The zero-order valence-electron chi connectivity index (χ0n) is 24.7. The molecule has 7 heteroatoms. The second-order valence-electron chi connectivity index (χ2n) is 10.8. The van der Waals surface area contributed by atoms with Gasteiger partial charge < -0.3 is 25.8 Å². The number of carbonyl (C=O) groups excluding carboxylic acids is 2. The highest BCUT2D eigenvalue weighted by Crippen LogP contribution is 2.47. The maximum atomic E-state index is 12.9. The quantitative estimate of drug-likeness (QED) is 0.148. The summed E-state index contributed by atoms with van der Waals surface area (Å²) < 4.78 is 12.0. The van der Waals surface area contributed by atoms with Gasteiger partial charge in [-0.15, -0.1) is 0 Å². The summed E-state index contributed by atoms with van der Waals surface area (Å²) in [4.78, 5) is 25.8. The maximum absolute atomic E-state index is 12.9. The van der Waals surface area contributed by atoms with Crippen LogP contribution in [0.5, 0.6) is 11.5 Å². The van der Waals surface area contributed by atoms with Crippen molar-refractivity contribution in [3.8, 4) is 11.5 Å². The van der Waals surface area contributed by atoms with Crippen LogP contribution in [0.25, 0.3) is 0 Å². The van der Waals surface area contributed by atoms with E-state index in [9.17, 15) is 9.59 Å². The fourth-order valence-corrected chi connectivity index (χ4v) is 5.08. The zero-order valence-corrected chi connectivity index (χ0v) is 24.7. The van der Waals surface area contributed by atoms with Crippen LogP contribution in [0.15, 0.2) is 35.9 Å². The lowest BCUT2D eigenvalue weighted by Crippen LogP contribution is -2.30. The highest BCUT2D eigenvalue weighted by atomic mass is 16.6. The molecule has 1 aromatic carbocycles. The molecule has 2 amide bonds. The summed E-state index contributed by atoms with van der Waals surface area (Å²) in [5.41, 5.74) is 9.61. The first-order valence-corrected chi connectivity index (χ1v) is 14.9. The molecule has 0 fully saturated rings. The molecule has 0 bridgehead atoms. The molecule has 1 aliphatic rings. The maximum Gasteiger partial charge on any atom is 0.412 e. The third kappa shape index (κ3) is 11.1. The molecule has 218 valence electrons. The van der Waals surface area contributed by atoms with Crippen LogP contribution >= 0.6 is 0 Å². The number of allylic oxidation sites excluding steroid dienone is 3. The van der Waals surface area contributed by atoms with Crippen molar-refractivity contribution >= 4 is 12.2 Å². The Hall–Kier alpha value is -2.80. The van der Waals surface area contributed by atoms with Crippen LogP contribution < -0.4 is 25.8 Å². The van der Waals surface area contributed by atoms with Gasteiger partial charge in [-0.3, -0.25) is 0 Å². The third-order valence-electron chi connectivity index (χ3n) is 7.30. The van der Waals surface area contributed by atoms with Gasteiger partial charge in [0.25, 0.3) is 0 Å². The number of unbranched alkanes of at least 4 members (excludes halogenated alkanes) is 5. The van der Waals surface area contributed by atoms with E-state index in [1.165, 1.54) is 5.57 Å². The van der Waals surface area contributed by atoms with E-state index in [4.69, 9.17) is 15.2 Å². The van der Waals surface area contributed by atoms with Gasteiger partial charge in [0, 0.05) is 24.6 Å². The first kappa shape index (κ1) is 32.4. The van der Waals surface area contributed by atoms with Crippen molar-refractivity contribution in [2.45, 2.75) is 104 Å². The predicted octanol–water partition coefficient (Wildman–Crippen LogP) is 7.54. The second-order valence-corrected chi connectivity index (χ2v) is 10.8. The van der Waals surface area contributed by atoms with Gasteiger partial charge in [0.1, 0.15) is 11.5 Å². The van der Waals surface area contributed by atoms with Gasteiger partial charge in [-0.05, 0) is 89.0 Å². The minimum atomic E-state index is -0.516. The van der Waals surface area contributed by atoms with Crippen molar-refractivity contribution in [1.82, 2.24) is 10.6 Å². The van der Waals surface area contributed by atoms with Crippen LogP contribution in [0, 0.1) is 5.92 Å². The van der Waals surface area contributed by atoms with Gasteiger partial charge in [-0.2, -0.15) is 0 Å². The molecule has 1 aromatic rings. The molecule has 4 N–H and O–H groups in total. The highest BCUT2D eigenvalue weighted by Gasteiger charge is 2.32. The molecular weight excluding hydrogens is 490 g/mol. The van der Waals surface area contributed by atoms with Crippen LogP contribution in [0.1, 0.15) is 109 Å². The third-order valence-corrected chi connectivity index (χ3v) is 7.30. The molecule has 0 radical (unpaired) electrons. The van der Waals surface area contributed by atoms with E-state index in [2.05, 4.69) is 44.1 Å². The standard InChI is InChI=1S/C32H51N3O4/c1-6-8-10-14-25-21-28(38-31(36)34-18-12-9-7-2)30(27-20-24(5)15-16-26(27)23(3)4)29(22-25)39-32(37)35-19-13-11-17-33/h20-22,26-27H,3,6-19,33H2,1-2,4-5H3,(H,34,36)(H,35,37)/t26-,27+/m0/s1. The van der Waals surface area contributed by atoms with E-state index in [0.717, 1.165) is 87.3 Å². The van der Waals surface area contributed by atoms with Gasteiger partial charge in [0.15, 0.2) is 0 Å². The predicted molar refractivity (Wildman–Crippen MR) is 160 cm³/mol. The Bertz CT molecular complexity index is 925. The Labute approximate surface area is 236 Å². The largest absolute Gasteiger partial charge is 0.412 e.